The first-order valence-electron chi connectivity index (χ1n) is 13.9. The van der Waals surface area contributed by atoms with Gasteiger partial charge in [0.1, 0.15) is 5.82 Å². The van der Waals surface area contributed by atoms with Gasteiger partial charge in [-0.15, -0.1) is 0 Å². The Morgan fingerprint density at radius 1 is 0.927 bits per heavy atom. The molecule has 2 saturated heterocycles. The standard InChI is InChI=1S/C31H33N7O3/c32-29-26(16-23(17-34-29)24-18-35-38(19-24)25-9-12-33-13-10-25)30(39)36-27-11-14-37(31(40)41)28(27)22-8-4-7-21(15-22)20-5-2-1-3-6-20/h1-8,15-19,25,27-28,33H,9-14H2,(H2,32,34)(H,36,39)(H,40,41). The van der Waals surface area contributed by atoms with Gasteiger partial charge in [0.15, 0.2) is 0 Å². The number of carbonyl (C=O) groups excluding carboxylic acids is 1. The van der Waals surface area contributed by atoms with Crippen LogP contribution in [0.2, 0.25) is 0 Å². The van der Waals surface area contributed by atoms with Crippen LogP contribution < -0.4 is 16.4 Å². The summed E-state index contributed by atoms with van der Waals surface area (Å²) in [6, 6.07) is 18.8. The van der Waals surface area contributed by atoms with Crippen molar-refractivity contribution in [2.24, 2.45) is 0 Å². The molecule has 2 fully saturated rings. The number of hydrogen-bond donors (Lipinski definition) is 4. The van der Waals surface area contributed by atoms with Crippen LogP contribution in [-0.4, -0.2) is 62.4 Å². The molecule has 0 radical (unpaired) electrons. The first-order chi connectivity index (χ1) is 20.0. The lowest BCUT2D eigenvalue weighted by Crippen LogP contribution is -2.41. The number of amides is 2. The third-order valence-corrected chi connectivity index (χ3v) is 8.08. The monoisotopic (exact) mass is 551 g/mol. The zero-order chi connectivity index (χ0) is 28.3. The van der Waals surface area contributed by atoms with Gasteiger partial charge in [-0.2, -0.15) is 5.10 Å². The molecule has 2 unspecified atom stereocenters. The molecule has 2 atom stereocenters. The molecule has 2 amide bonds. The van der Waals surface area contributed by atoms with E-state index < -0.39 is 18.2 Å². The minimum absolute atomic E-state index is 0.118. The zero-order valence-electron chi connectivity index (χ0n) is 22.6. The van der Waals surface area contributed by atoms with E-state index in [4.69, 9.17) is 5.73 Å². The molecule has 210 valence electrons. The quantitative estimate of drug-likeness (QED) is 0.280. The number of carboxylic acid groups (broad SMARTS) is 1. The highest BCUT2D eigenvalue weighted by atomic mass is 16.4. The van der Waals surface area contributed by atoms with Gasteiger partial charge >= 0.3 is 6.09 Å². The summed E-state index contributed by atoms with van der Waals surface area (Å²) in [5, 5.41) is 21.0. The number of piperidine rings is 1. The molecule has 2 aliphatic heterocycles. The van der Waals surface area contributed by atoms with E-state index in [1.54, 1.807) is 18.5 Å². The number of hydrogen-bond acceptors (Lipinski definition) is 6. The molecule has 4 aromatic rings. The summed E-state index contributed by atoms with van der Waals surface area (Å²) >= 11 is 0. The van der Waals surface area contributed by atoms with Crippen LogP contribution in [0.15, 0.2) is 79.3 Å². The molecule has 10 nitrogen and oxygen atoms in total. The molecule has 10 heteroatoms. The molecule has 2 aliphatic rings. The van der Waals surface area contributed by atoms with Crippen LogP contribution in [0.4, 0.5) is 10.6 Å². The minimum Gasteiger partial charge on any atom is -0.465 e. The molecule has 6 rings (SSSR count). The molecule has 2 aromatic carbocycles. The van der Waals surface area contributed by atoms with Crippen molar-refractivity contribution in [2.45, 2.75) is 37.4 Å². The van der Waals surface area contributed by atoms with Crippen LogP contribution >= 0.6 is 0 Å². The molecule has 0 spiro atoms. The number of nitrogen functional groups attached to an aromatic ring is 1. The lowest BCUT2D eigenvalue weighted by molar-refractivity contribution is 0.0919. The molecule has 41 heavy (non-hydrogen) atoms. The number of carbonyl (C=O) groups is 2. The number of nitrogens with two attached hydrogens (primary N) is 1. The maximum atomic E-state index is 13.6. The lowest BCUT2D eigenvalue weighted by atomic mass is 9.95. The SMILES string of the molecule is Nc1ncc(-c2cnn(C3CCNCC3)c2)cc1C(=O)NC1CCN(C(=O)O)C1c1cccc(-c2ccccc2)c1. The van der Waals surface area contributed by atoms with Crippen LogP contribution in [0.1, 0.15) is 47.3 Å². The summed E-state index contributed by atoms with van der Waals surface area (Å²) < 4.78 is 1.99. The fraction of sp³-hybridized carbons (Fsp3) is 0.290. The van der Waals surface area contributed by atoms with E-state index in [9.17, 15) is 14.7 Å². The molecule has 2 aromatic heterocycles. The van der Waals surface area contributed by atoms with Crippen LogP contribution in [0, 0.1) is 0 Å². The summed E-state index contributed by atoms with van der Waals surface area (Å²) in [5.74, 6) is -0.267. The zero-order valence-corrected chi connectivity index (χ0v) is 22.6. The van der Waals surface area contributed by atoms with Crippen molar-refractivity contribution in [1.29, 1.82) is 0 Å². The maximum Gasteiger partial charge on any atom is 0.407 e. The second-order valence-electron chi connectivity index (χ2n) is 10.6. The number of nitrogens with zero attached hydrogens (tertiary/aromatic N) is 4. The normalized spacial score (nSPS) is 19.3. The van der Waals surface area contributed by atoms with Gasteiger partial charge in [-0.3, -0.25) is 14.4 Å². The van der Waals surface area contributed by atoms with Gasteiger partial charge in [0.05, 0.1) is 29.9 Å². The molecular formula is C31H33N7O3. The highest BCUT2D eigenvalue weighted by Crippen LogP contribution is 2.35. The summed E-state index contributed by atoms with van der Waals surface area (Å²) in [6.45, 7) is 2.24. The Hall–Kier alpha value is -4.70. The van der Waals surface area contributed by atoms with E-state index >= 15 is 0 Å². The minimum atomic E-state index is -1.02. The van der Waals surface area contributed by atoms with Gasteiger partial charge in [-0.25, -0.2) is 9.78 Å². The van der Waals surface area contributed by atoms with Crippen LogP contribution in [-0.2, 0) is 0 Å². The van der Waals surface area contributed by atoms with E-state index in [-0.39, 0.29) is 17.3 Å². The van der Waals surface area contributed by atoms with Crippen molar-refractivity contribution in [3.05, 3.63) is 90.4 Å². The lowest BCUT2D eigenvalue weighted by Gasteiger charge is -2.27. The molecule has 0 aliphatic carbocycles. The predicted molar refractivity (Wildman–Crippen MR) is 156 cm³/mol. The summed E-state index contributed by atoms with van der Waals surface area (Å²) in [7, 11) is 0. The van der Waals surface area contributed by atoms with Crippen LogP contribution in [0.5, 0.6) is 0 Å². The average Bonchev–Trinajstić information content (AvgIpc) is 3.67. The smallest absolute Gasteiger partial charge is 0.407 e. The third-order valence-electron chi connectivity index (χ3n) is 8.08. The first kappa shape index (κ1) is 26.5. The second kappa shape index (κ2) is 11.4. The average molecular weight is 552 g/mol. The van der Waals surface area contributed by atoms with Gasteiger partial charge in [0.25, 0.3) is 5.91 Å². The summed E-state index contributed by atoms with van der Waals surface area (Å²) in [5.41, 5.74) is 10.9. The Kier molecular flexibility index (Phi) is 7.39. The van der Waals surface area contributed by atoms with Crippen molar-refractivity contribution < 1.29 is 14.7 Å². The Morgan fingerprint density at radius 2 is 1.71 bits per heavy atom. The Morgan fingerprint density at radius 3 is 2.49 bits per heavy atom. The summed E-state index contributed by atoms with van der Waals surface area (Å²) in [4.78, 5) is 31.5. The first-order valence-corrected chi connectivity index (χ1v) is 13.9. The van der Waals surface area contributed by atoms with E-state index in [1.807, 2.05) is 65.5 Å². The number of nitrogens with one attached hydrogen (secondary N) is 2. The van der Waals surface area contributed by atoms with Gasteiger partial charge in [-0.05, 0) is 61.2 Å². The maximum absolute atomic E-state index is 13.6. The largest absolute Gasteiger partial charge is 0.465 e. The topological polar surface area (TPSA) is 138 Å². The predicted octanol–water partition coefficient (Wildman–Crippen LogP) is 4.34. The number of benzene rings is 2. The molecule has 5 N–H and O–H groups in total. The number of rotatable bonds is 6. The molecular weight excluding hydrogens is 518 g/mol. The third kappa shape index (κ3) is 5.51. The van der Waals surface area contributed by atoms with Crippen molar-refractivity contribution >= 4 is 17.8 Å². The van der Waals surface area contributed by atoms with Gasteiger partial charge in [0, 0.05) is 30.1 Å². The Balaban J connectivity index is 1.25. The Bertz CT molecular complexity index is 1550. The van der Waals surface area contributed by atoms with E-state index in [0.717, 1.165) is 53.7 Å². The number of pyridine rings is 1. The van der Waals surface area contributed by atoms with Crippen LogP contribution in [0.25, 0.3) is 22.3 Å². The molecule has 0 bridgehead atoms. The van der Waals surface area contributed by atoms with E-state index in [0.29, 0.717) is 19.0 Å². The van der Waals surface area contributed by atoms with E-state index in [2.05, 4.69) is 20.7 Å². The molecule has 0 saturated carbocycles. The summed E-state index contributed by atoms with van der Waals surface area (Å²) in [6.07, 6.45) is 6.91. The van der Waals surface area contributed by atoms with Crippen LogP contribution in [0.3, 0.4) is 0 Å². The number of anilines is 1. The fourth-order valence-electron chi connectivity index (χ4n) is 5.92. The fourth-order valence-corrected chi connectivity index (χ4v) is 5.92. The number of aromatic nitrogens is 3. The highest BCUT2D eigenvalue weighted by Gasteiger charge is 2.39. The van der Waals surface area contributed by atoms with Gasteiger partial charge in [-0.1, -0.05) is 48.5 Å². The van der Waals surface area contributed by atoms with Gasteiger partial charge < -0.3 is 21.5 Å². The van der Waals surface area contributed by atoms with Crippen molar-refractivity contribution in [2.75, 3.05) is 25.4 Å². The van der Waals surface area contributed by atoms with Crippen molar-refractivity contribution in [1.82, 2.24) is 30.3 Å². The van der Waals surface area contributed by atoms with Crippen molar-refractivity contribution in [3.8, 4) is 22.3 Å². The van der Waals surface area contributed by atoms with Crippen molar-refractivity contribution in [3.63, 3.8) is 0 Å². The van der Waals surface area contributed by atoms with Gasteiger partial charge in [0.2, 0.25) is 0 Å². The molecule has 4 heterocycles. The second-order valence-corrected chi connectivity index (χ2v) is 10.6. The Labute approximate surface area is 238 Å². The number of likely N-dealkylation sites (tertiary alicyclic amines) is 1. The van der Waals surface area contributed by atoms with E-state index in [1.165, 1.54) is 4.90 Å². The highest BCUT2D eigenvalue weighted by molar-refractivity contribution is 5.99.